The van der Waals surface area contributed by atoms with Crippen molar-refractivity contribution in [2.45, 2.75) is 13.5 Å². The van der Waals surface area contributed by atoms with Crippen molar-refractivity contribution >= 4 is 11.3 Å². The number of rotatable bonds is 1. The lowest BCUT2D eigenvalue weighted by Crippen LogP contribution is -1.73. The van der Waals surface area contributed by atoms with Crippen molar-refractivity contribution < 1.29 is 5.11 Å². The second-order valence-corrected chi connectivity index (χ2v) is 2.83. The zero-order chi connectivity index (χ0) is 5.98. The predicted molar refractivity (Wildman–Crippen MR) is 31.2 cm³/mol. The van der Waals surface area contributed by atoms with Crippen LogP contribution in [0.3, 0.4) is 0 Å². The van der Waals surface area contributed by atoms with Crippen LogP contribution in [0.15, 0.2) is 6.20 Å². The highest BCUT2D eigenvalue weighted by molar-refractivity contribution is 7.11. The van der Waals surface area contributed by atoms with Gasteiger partial charge in [-0.1, -0.05) is 0 Å². The van der Waals surface area contributed by atoms with E-state index in [9.17, 15) is 5.11 Å². The van der Waals surface area contributed by atoms with Crippen molar-refractivity contribution in [2.75, 3.05) is 0 Å². The third-order valence-corrected chi connectivity index (χ3v) is 1.68. The van der Waals surface area contributed by atoms with Gasteiger partial charge in [-0.25, -0.2) is 10.1 Å². The first-order valence-electron chi connectivity index (χ1n) is 2.32. The minimum atomic E-state index is -0.182. The third kappa shape index (κ3) is 1.05. The quantitative estimate of drug-likeness (QED) is 0.562. The molecule has 2 nitrogen and oxygen atoms in total. The number of nitrogens with zero attached hydrogens (tertiary/aromatic N) is 1. The van der Waals surface area contributed by atoms with Crippen LogP contribution in [0.1, 0.15) is 9.88 Å². The topological polar surface area (TPSA) is 32.8 Å². The molecular weight excluding hydrogens is 122 g/mol. The van der Waals surface area contributed by atoms with Gasteiger partial charge in [-0.15, -0.1) is 11.3 Å². The van der Waals surface area contributed by atoms with E-state index < -0.39 is 0 Å². The number of hydrogen-bond acceptors (Lipinski definition) is 2. The largest absolute Gasteiger partial charge is 0.247 e. The second kappa shape index (κ2) is 2.24. The summed E-state index contributed by atoms with van der Waals surface area (Å²) in [6.07, 6.45) is 1.72. The van der Waals surface area contributed by atoms with E-state index in [1.807, 2.05) is 6.92 Å². The van der Waals surface area contributed by atoms with Gasteiger partial charge in [-0.2, -0.15) is 0 Å². The molecule has 43 valence electrons. The van der Waals surface area contributed by atoms with Gasteiger partial charge in [0.05, 0.1) is 0 Å². The smallest absolute Gasteiger partial charge is 0.134 e. The lowest BCUT2D eigenvalue weighted by atomic mass is 10.6. The van der Waals surface area contributed by atoms with Gasteiger partial charge in [-0.05, 0) is 6.92 Å². The third-order valence-electron chi connectivity index (χ3n) is 0.793. The molecule has 1 heterocycles. The van der Waals surface area contributed by atoms with E-state index in [2.05, 4.69) is 4.98 Å². The molecule has 0 saturated heterocycles. The zero-order valence-corrected chi connectivity index (χ0v) is 5.36. The predicted octanol–water partition coefficient (Wildman–Crippen LogP) is 1.38. The van der Waals surface area contributed by atoms with E-state index in [-0.39, 0.29) is 6.61 Å². The lowest BCUT2D eigenvalue weighted by Gasteiger charge is -1.75. The minimum absolute atomic E-state index is 0.182. The van der Waals surface area contributed by atoms with Crippen LogP contribution >= 0.6 is 11.3 Å². The molecule has 0 bridgehead atoms. The number of aryl methyl sites for hydroxylation is 1. The van der Waals surface area contributed by atoms with Crippen LogP contribution in [0.4, 0.5) is 0 Å². The van der Waals surface area contributed by atoms with Gasteiger partial charge in [0.1, 0.15) is 11.6 Å². The van der Waals surface area contributed by atoms with Crippen LogP contribution in [0.25, 0.3) is 0 Å². The normalized spacial score (nSPS) is 9.75. The van der Waals surface area contributed by atoms with Crippen molar-refractivity contribution in [3.63, 3.8) is 0 Å². The summed E-state index contributed by atoms with van der Waals surface area (Å²) in [6.45, 7) is 1.76. The molecule has 1 rings (SSSR count). The van der Waals surface area contributed by atoms with Gasteiger partial charge in [0, 0.05) is 11.1 Å². The van der Waals surface area contributed by atoms with E-state index >= 15 is 0 Å². The Morgan fingerprint density at radius 2 is 2.62 bits per heavy atom. The Bertz CT molecular complexity index is 173. The molecule has 0 aromatic carbocycles. The first-order valence-corrected chi connectivity index (χ1v) is 3.14. The van der Waals surface area contributed by atoms with E-state index in [0.29, 0.717) is 5.01 Å². The summed E-state index contributed by atoms with van der Waals surface area (Å²) in [4.78, 5) is 4.95. The molecule has 0 fully saturated rings. The summed E-state index contributed by atoms with van der Waals surface area (Å²) in [5.74, 6) is 0. The molecule has 0 N–H and O–H groups in total. The standard InChI is InChI=1S/C5H6NOS/c1-4-2-6-5(3-7)8-4/h2H,3H2,1H3. The Morgan fingerprint density at radius 3 is 2.88 bits per heavy atom. The Morgan fingerprint density at radius 1 is 1.88 bits per heavy atom. The van der Waals surface area contributed by atoms with Crippen LogP contribution in [0, 0.1) is 6.92 Å². The van der Waals surface area contributed by atoms with Crippen molar-refractivity contribution in [1.82, 2.24) is 4.98 Å². The van der Waals surface area contributed by atoms with E-state index in [0.717, 1.165) is 4.88 Å². The maximum Gasteiger partial charge on any atom is 0.134 e. The monoisotopic (exact) mass is 128 g/mol. The highest BCUT2D eigenvalue weighted by Gasteiger charge is 1.93. The van der Waals surface area contributed by atoms with Crippen molar-refractivity contribution in [3.05, 3.63) is 16.1 Å². The number of thiazole rings is 1. The Balaban J connectivity index is 2.84. The summed E-state index contributed by atoms with van der Waals surface area (Å²) >= 11 is 1.46. The van der Waals surface area contributed by atoms with Gasteiger partial charge in [0.2, 0.25) is 0 Å². The average molecular weight is 128 g/mol. The molecule has 1 radical (unpaired) electrons. The summed E-state index contributed by atoms with van der Waals surface area (Å²) < 4.78 is 0. The van der Waals surface area contributed by atoms with Crippen molar-refractivity contribution in [1.29, 1.82) is 0 Å². The van der Waals surface area contributed by atoms with Crippen LogP contribution in [0.2, 0.25) is 0 Å². The first-order chi connectivity index (χ1) is 3.83. The first kappa shape index (κ1) is 5.72. The van der Waals surface area contributed by atoms with Crippen LogP contribution in [0.5, 0.6) is 0 Å². The Hall–Kier alpha value is -0.410. The summed E-state index contributed by atoms with van der Waals surface area (Å²) in [7, 11) is 0. The van der Waals surface area contributed by atoms with Gasteiger partial charge in [-0.3, -0.25) is 0 Å². The maximum absolute atomic E-state index is 10.1. The van der Waals surface area contributed by atoms with Gasteiger partial charge in [0.25, 0.3) is 0 Å². The molecule has 0 spiro atoms. The molecule has 0 aliphatic heterocycles. The fourth-order valence-corrected chi connectivity index (χ4v) is 1.11. The highest BCUT2D eigenvalue weighted by atomic mass is 32.1. The lowest BCUT2D eigenvalue weighted by molar-refractivity contribution is 0.177. The number of hydrogen-bond donors (Lipinski definition) is 0. The SMILES string of the molecule is Cc1cnc(C[O])s1. The van der Waals surface area contributed by atoms with E-state index in [1.54, 1.807) is 6.20 Å². The molecular formula is C5H6NOS. The number of aromatic nitrogens is 1. The second-order valence-electron chi connectivity index (χ2n) is 1.51. The molecule has 0 aliphatic rings. The Kier molecular flexibility index (Phi) is 1.60. The van der Waals surface area contributed by atoms with Crippen LogP contribution in [-0.4, -0.2) is 4.98 Å². The van der Waals surface area contributed by atoms with Gasteiger partial charge >= 0.3 is 0 Å². The molecule has 1 aromatic rings. The van der Waals surface area contributed by atoms with E-state index in [4.69, 9.17) is 0 Å². The fraction of sp³-hybridized carbons (Fsp3) is 0.400. The molecule has 3 heteroatoms. The molecule has 0 amide bonds. The van der Waals surface area contributed by atoms with Crippen LogP contribution in [-0.2, 0) is 11.7 Å². The van der Waals surface area contributed by atoms with Gasteiger partial charge in [0.15, 0.2) is 0 Å². The van der Waals surface area contributed by atoms with Crippen molar-refractivity contribution in [2.24, 2.45) is 0 Å². The molecule has 8 heavy (non-hydrogen) atoms. The average Bonchev–Trinajstić information content (AvgIpc) is 2.14. The summed E-state index contributed by atoms with van der Waals surface area (Å²) in [5.41, 5.74) is 0. The molecule has 0 unspecified atom stereocenters. The molecule has 0 aliphatic carbocycles. The minimum Gasteiger partial charge on any atom is -0.247 e. The van der Waals surface area contributed by atoms with Crippen LogP contribution < -0.4 is 0 Å². The molecule has 0 atom stereocenters. The van der Waals surface area contributed by atoms with Gasteiger partial charge < -0.3 is 0 Å². The highest BCUT2D eigenvalue weighted by Crippen LogP contribution is 2.09. The fourth-order valence-electron chi connectivity index (χ4n) is 0.468. The zero-order valence-electron chi connectivity index (χ0n) is 4.55. The maximum atomic E-state index is 10.1. The van der Waals surface area contributed by atoms with Crippen molar-refractivity contribution in [3.8, 4) is 0 Å². The van der Waals surface area contributed by atoms with E-state index in [1.165, 1.54) is 11.3 Å². The molecule has 1 aromatic heterocycles. The summed E-state index contributed by atoms with van der Waals surface area (Å²) in [6, 6.07) is 0. The Labute approximate surface area is 51.8 Å². The summed E-state index contributed by atoms with van der Waals surface area (Å²) in [5, 5.41) is 10.8. The molecule has 0 saturated carbocycles.